The van der Waals surface area contributed by atoms with Crippen LogP contribution in [-0.2, 0) is 4.79 Å². The fourth-order valence-electron chi connectivity index (χ4n) is 4.01. The first-order valence-corrected chi connectivity index (χ1v) is 9.56. The third-order valence-electron chi connectivity index (χ3n) is 5.38. The topological polar surface area (TPSA) is 104 Å². The second-order valence-electron chi connectivity index (χ2n) is 7.68. The molecule has 1 aromatic heterocycles. The Labute approximate surface area is 177 Å². The summed E-state index contributed by atoms with van der Waals surface area (Å²) in [6.07, 6.45) is -4.82. The predicted octanol–water partition coefficient (Wildman–Crippen LogP) is 1.40. The molecule has 3 heterocycles. The van der Waals surface area contributed by atoms with E-state index in [1.165, 1.54) is 14.6 Å². The van der Waals surface area contributed by atoms with E-state index in [4.69, 9.17) is 4.74 Å². The molecule has 1 atom stereocenters. The Balaban J connectivity index is 1.72. The van der Waals surface area contributed by atoms with Crippen LogP contribution in [0.4, 0.5) is 23.2 Å². The van der Waals surface area contributed by atoms with Crippen molar-refractivity contribution in [2.75, 3.05) is 36.8 Å². The van der Waals surface area contributed by atoms with Gasteiger partial charge in [-0.1, -0.05) is 0 Å². The molecule has 0 bridgehead atoms. The van der Waals surface area contributed by atoms with E-state index in [2.05, 4.69) is 5.32 Å². The number of carbonyl (C=O) groups excluding carboxylic acids is 1. The van der Waals surface area contributed by atoms with Gasteiger partial charge in [0, 0.05) is 32.4 Å². The number of carbonyl (C=O) groups is 2. The molecule has 0 saturated carbocycles. The van der Waals surface area contributed by atoms with Crippen LogP contribution in [-0.4, -0.2) is 60.7 Å². The summed E-state index contributed by atoms with van der Waals surface area (Å²) in [5.41, 5.74) is -1.23. The number of halogens is 4. The lowest BCUT2D eigenvalue weighted by atomic mass is 10.1. The van der Waals surface area contributed by atoms with E-state index in [0.29, 0.717) is 0 Å². The maximum absolute atomic E-state index is 15.1. The maximum atomic E-state index is 15.1. The van der Waals surface area contributed by atoms with Crippen molar-refractivity contribution in [3.63, 3.8) is 0 Å². The third-order valence-corrected chi connectivity index (χ3v) is 5.38. The predicted molar refractivity (Wildman–Crippen MR) is 104 cm³/mol. The van der Waals surface area contributed by atoms with Gasteiger partial charge in [-0.25, -0.2) is 9.18 Å². The number of anilines is 1. The molecule has 2 aliphatic heterocycles. The molecule has 2 aromatic rings. The monoisotopic (exact) mass is 458 g/mol. The van der Waals surface area contributed by atoms with Crippen molar-refractivity contribution in [1.29, 1.82) is 0 Å². The summed E-state index contributed by atoms with van der Waals surface area (Å²) in [5.74, 6) is -3.44. The van der Waals surface area contributed by atoms with E-state index >= 15 is 4.39 Å². The minimum absolute atomic E-state index is 0.00519. The molecule has 0 spiro atoms. The third kappa shape index (κ3) is 3.78. The van der Waals surface area contributed by atoms with Crippen LogP contribution in [0.25, 0.3) is 10.9 Å². The second-order valence-corrected chi connectivity index (χ2v) is 7.68. The number of benzene rings is 1. The number of hydrogen-bond acceptors (Lipinski definition) is 6. The summed E-state index contributed by atoms with van der Waals surface area (Å²) >= 11 is 0. The number of hydrogen-bond donors (Lipinski definition) is 2. The molecule has 13 heteroatoms. The van der Waals surface area contributed by atoms with E-state index < -0.39 is 47.3 Å². The fourth-order valence-corrected chi connectivity index (χ4v) is 4.01. The molecule has 2 N–H and O–H groups in total. The highest BCUT2D eigenvalue weighted by molar-refractivity contribution is 5.97. The van der Waals surface area contributed by atoms with Gasteiger partial charge in [0.25, 0.3) is 0 Å². The van der Waals surface area contributed by atoms with Gasteiger partial charge in [-0.2, -0.15) is 13.2 Å². The quantitative estimate of drug-likeness (QED) is 0.668. The zero-order chi connectivity index (χ0) is 23.4. The average Bonchev–Trinajstić information content (AvgIpc) is 3.11. The number of nitrogens with zero attached hydrogens (tertiary/aromatic N) is 3. The first-order valence-electron chi connectivity index (χ1n) is 9.56. The van der Waals surface area contributed by atoms with Crippen LogP contribution in [0.1, 0.15) is 23.2 Å². The molecule has 1 unspecified atom stereocenters. The molecular formula is C19H18F4N4O5. The van der Waals surface area contributed by atoms with Gasteiger partial charge in [0.2, 0.25) is 11.3 Å². The molecule has 172 valence electrons. The average molecular weight is 458 g/mol. The first-order chi connectivity index (χ1) is 15.0. The molecule has 9 nitrogen and oxygen atoms in total. The second kappa shape index (κ2) is 7.57. The number of rotatable bonds is 4. The van der Waals surface area contributed by atoms with Crippen molar-refractivity contribution < 1.29 is 37.0 Å². The molecule has 32 heavy (non-hydrogen) atoms. The number of pyridine rings is 1. The summed E-state index contributed by atoms with van der Waals surface area (Å²) in [7, 11) is 1.59. The Hall–Kier alpha value is -3.51. The maximum Gasteiger partial charge on any atom is 0.397 e. The van der Waals surface area contributed by atoms with Crippen molar-refractivity contribution >= 4 is 28.5 Å². The zero-order valence-corrected chi connectivity index (χ0v) is 16.7. The van der Waals surface area contributed by atoms with E-state index in [-0.39, 0.29) is 48.6 Å². The number of ether oxygens (including phenoxy) is 1. The molecule has 1 amide bonds. The molecule has 2 aliphatic rings. The Morgan fingerprint density at radius 3 is 2.72 bits per heavy atom. The largest absolute Gasteiger partial charge is 0.477 e. The van der Waals surface area contributed by atoms with E-state index in [1.54, 1.807) is 7.05 Å². The van der Waals surface area contributed by atoms with Crippen molar-refractivity contribution in [1.82, 2.24) is 9.99 Å². The number of amides is 1. The van der Waals surface area contributed by atoms with Crippen LogP contribution in [0.2, 0.25) is 0 Å². The van der Waals surface area contributed by atoms with E-state index in [1.807, 2.05) is 0 Å². The zero-order valence-electron chi connectivity index (χ0n) is 16.7. The van der Waals surface area contributed by atoms with Gasteiger partial charge >= 0.3 is 12.1 Å². The number of aromatic nitrogens is 1. The van der Waals surface area contributed by atoms with Crippen molar-refractivity contribution in [2.24, 2.45) is 0 Å². The van der Waals surface area contributed by atoms with Gasteiger partial charge in [-0.05, 0) is 12.5 Å². The molecule has 4 rings (SSSR count). The van der Waals surface area contributed by atoms with Crippen molar-refractivity contribution in [3.05, 3.63) is 33.9 Å². The Bertz CT molecular complexity index is 1180. The van der Waals surface area contributed by atoms with Crippen molar-refractivity contribution in [2.45, 2.75) is 25.1 Å². The van der Waals surface area contributed by atoms with Crippen LogP contribution in [0.3, 0.4) is 0 Å². The molecule has 1 aromatic carbocycles. The van der Waals surface area contributed by atoms with E-state index in [9.17, 15) is 32.7 Å². The van der Waals surface area contributed by atoms with Gasteiger partial charge in [-0.15, -0.1) is 0 Å². The summed E-state index contributed by atoms with van der Waals surface area (Å²) in [5, 5.41) is 12.9. The van der Waals surface area contributed by atoms with Crippen LogP contribution >= 0.6 is 0 Å². The normalized spacial score (nSPS) is 18.1. The van der Waals surface area contributed by atoms with Gasteiger partial charge < -0.3 is 20.1 Å². The summed E-state index contributed by atoms with van der Waals surface area (Å²) < 4.78 is 59.4. The molecular weight excluding hydrogens is 440 g/mol. The van der Waals surface area contributed by atoms with Gasteiger partial charge in [0.05, 0.1) is 5.39 Å². The summed E-state index contributed by atoms with van der Waals surface area (Å²) in [4.78, 5) is 37.2. The lowest BCUT2D eigenvalue weighted by molar-refractivity contribution is -0.154. The fraction of sp³-hybridized carbons (Fsp3) is 0.421. The van der Waals surface area contributed by atoms with Gasteiger partial charge in [0.1, 0.15) is 23.2 Å². The van der Waals surface area contributed by atoms with Gasteiger partial charge in [-0.3, -0.25) is 19.3 Å². The lowest BCUT2D eigenvalue weighted by Crippen LogP contribution is -2.41. The standard InChI is InChI=1S/C19H18F4N4O5/c1-25-8-32-17-14-10(16(29)11(18(30)31)7-27(14)25)4-12(20)15(17)26-3-2-9(6-26)24-13(28)5-19(21,22)23/h4,7,9H,2-3,5-6,8H2,1H3,(H,24,28)(H,30,31). The van der Waals surface area contributed by atoms with Crippen LogP contribution in [0.15, 0.2) is 17.1 Å². The van der Waals surface area contributed by atoms with Crippen LogP contribution in [0, 0.1) is 5.82 Å². The Morgan fingerprint density at radius 1 is 1.34 bits per heavy atom. The minimum Gasteiger partial charge on any atom is -0.477 e. The SMILES string of the molecule is CN1COc2c(N3CCC(NC(=O)CC(F)(F)F)C3)c(F)cc3c(=O)c(C(=O)O)cn1c23. The molecule has 0 aliphatic carbocycles. The lowest BCUT2D eigenvalue weighted by Gasteiger charge is -2.33. The number of carboxylic acids is 1. The number of alkyl halides is 3. The molecule has 0 radical (unpaired) electrons. The Kier molecular flexibility index (Phi) is 5.13. The Morgan fingerprint density at radius 2 is 2.06 bits per heavy atom. The van der Waals surface area contributed by atoms with Crippen molar-refractivity contribution in [3.8, 4) is 5.75 Å². The van der Waals surface area contributed by atoms with E-state index in [0.717, 1.165) is 12.3 Å². The minimum atomic E-state index is -4.63. The van der Waals surface area contributed by atoms with Gasteiger partial charge in [0.15, 0.2) is 18.3 Å². The highest BCUT2D eigenvalue weighted by Gasteiger charge is 2.35. The highest BCUT2D eigenvalue weighted by Crippen LogP contribution is 2.41. The molecule has 1 fully saturated rings. The van der Waals surface area contributed by atoms with Crippen LogP contribution in [0.5, 0.6) is 5.75 Å². The van der Waals surface area contributed by atoms with Crippen LogP contribution < -0.4 is 25.4 Å². The number of aromatic carboxylic acids is 1. The first kappa shape index (κ1) is 21.7. The smallest absolute Gasteiger partial charge is 0.397 e. The highest BCUT2D eigenvalue weighted by atomic mass is 19.4. The summed E-state index contributed by atoms with van der Waals surface area (Å²) in [6, 6.07) is 0.298. The number of carboxylic acid groups (broad SMARTS) is 1. The number of nitrogens with one attached hydrogen (secondary N) is 1. The molecule has 1 saturated heterocycles. The summed E-state index contributed by atoms with van der Waals surface area (Å²) in [6.45, 7) is 0.193.